The molecule has 2 aromatic rings. The van der Waals surface area contributed by atoms with Crippen LogP contribution in [-0.2, 0) is 6.54 Å². The third kappa shape index (κ3) is 4.70. The molecule has 20 heavy (non-hydrogen) atoms. The van der Waals surface area contributed by atoms with Crippen LogP contribution in [0.4, 0.5) is 0 Å². The molecule has 108 valence electrons. The predicted octanol–water partition coefficient (Wildman–Crippen LogP) is 4.29. The van der Waals surface area contributed by atoms with Crippen molar-refractivity contribution in [3.63, 3.8) is 0 Å². The summed E-state index contributed by atoms with van der Waals surface area (Å²) >= 11 is 5.27. The summed E-state index contributed by atoms with van der Waals surface area (Å²) in [4.78, 5) is 2.38. The first-order valence-electron chi connectivity index (χ1n) is 6.82. The Balaban J connectivity index is 1.84. The van der Waals surface area contributed by atoms with Crippen molar-refractivity contribution in [2.75, 3.05) is 20.6 Å². The number of hydrogen-bond acceptors (Lipinski definition) is 3. The number of nitrogens with zero attached hydrogens (tertiary/aromatic N) is 1. The van der Waals surface area contributed by atoms with Gasteiger partial charge in [0.25, 0.3) is 0 Å². The molecular weight excluding hydrogens is 332 g/mol. The summed E-state index contributed by atoms with van der Waals surface area (Å²) in [5.74, 6) is 0. The van der Waals surface area contributed by atoms with Gasteiger partial charge in [-0.15, -0.1) is 11.3 Å². The standard InChI is InChI=1S/C16H21BrN2S/c1-18-15(14-6-4-3-5-7-14)8-9-19(2)11-13-10-16(17)20-12-13/h3-7,10,12,15,18H,8-9,11H2,1-2H3. The molecule has 4 heteroatoms. The van der Waals surface area contributed by atoms with Crippen molar-refractivity contribution < 1.29 is 0 Å². The van der Waals surface area contributed by atoms with E-state index in [1.54, 1.807) is 11.3 Å². The lowest BCUT2D eigenvalue weighted by atomic mass is 10.0. The fourth-order valence-electron chi connectivity index (χ4n) is 2.33. The number of rotatable bonds is 7. The van der Waals surface area contributed by atoms with Crippen LogP contribution in [0.3, 0.4) is 0 Å². The molecule has 0 saturated carbocycles. The second-order valence-electron chi connectivity index (χ2n) is 5.04. The van der Waals surface area contributed by atoms with Gasteiger partial charge in [0.2, 0.25) is 0 Å². The molecule has 1 N–H and O–H groups in total. The number of thiophene rings is 1. The van der Waals surface area contributed by atoms with Crippen molar-refractivity contribution in [1.82, 2.24) is 10.2 Å². The van der Waals surface area contributed by atoms with Crippen LogP contribution in [0.15, 0.2) is 45.6 Å². The molecule has 0 aliphatic carbocycles. The van der Waals surface area contributed by atoms with Crippen molar-refractivity contribution >= 4 is 27.3 Å². The minimum absolute atomic E-state index is 0.424. The smallest absolute Gasteiger partial charge is 0.0701 e. The van der Waals surface area contributed by atoms with Gasteiger partial charge in [-0.25, -0.2) is 0 Å². The van der Waals surface area contributed by atoms with Crippen molar-refractivity contribution in [3.05, 3.63) is 56.7 Å². The van der Waals surface area contributed by atoms with Crippen LogP contribution >= 0.6 is 27.3 Å². The van der Waals surface area contributed by atoms with Crippen LogP contribution in [0.25, 0.3) is 0 Å². The van der Waals surface area contributed by atoms with E-state index in [1.165, 1.54) is 14.9 Å². The van der Waals surface area contributed by atoms with Gasteiger partial charge < -0.3 is 10.2 Å². The average Bonchev–Trinajstić information content (AvgIpc) is 2.86. The molecule has 0 amide bonds. The number of hydrogen-bond donors (Lipinski definition) is 1. The molecule has 1 heterocycles. The van der Waals surface area contributed by atoms with E-state index in [0.29, 0.717) is 6.04 Å². The van der Waals surface area contributed by atoms with Crippen LogP contribution < -0.4 is 5.32 Å². The quantitative estimate of drug-likeness (QED) is 0.799. The van der Waals surface area contributed by atoms with Crippen molar-refractivity contribution in [3.8, 4) is 0 Å². The van der Waals surface area contributed by atoms with Gasteiger partial charge in [-0.3, -0.25) is 0 Å². The minimum Gasteiger partial charge on any atom is -0.313 e. The molecular formula is C16H21BrN2S. The Morgan fingerprint density at radius 3 is 2.65 bits per heavy atom. The highest BCUT2D eigenvalue weighted by atomic mass is 79.9. The Bertz CT molecular complexity index is 512. The van der Waals surface area contributed by atoms with E-state index >= 15 is 0 Å². The Morgan fingerprint density at radius 1 is 1.30 bits per heavy atom. The molecule has 1 atom stereocenters. The largest absolute Gasteiger partial charge is 0.313 e. The van der Waals surface area contributed by atoms with E-state index in [1.807, 2.05) is 7.05 Å². The molecule has 0 bridgehead atoms. The topological polar surface area (TPSA) is 15.3 Å². The molecule has 0 saturated heterocycles. The zero-order chi connectivity index (χ0) is 14.4. The van der Waals surface area contributed by atoms with Crippen LogP contribution in [0.2, 0.25) is 0 Å². The highest BCUT2D eigenvalue weighted by Crippen LogP contribution is 2.22. The van der Waals surface area contributed by atoms with Crippen LogP contribution in [0.5, 0.6) is 0 Å². The van der Waals surface area contributed by atoms with Gasteiger partial charge in [-0.1, -0.05) is 30.3 Å². The monoisotopic (exact) mass is 352 g/mol. The molecule has 2 rings (SSSR count). The van der Waals surface area contributed by atoms with Crippen molar-refractivity contribution in [2.45, 2.75) is 19.0 Å². The van der Waals surface area contributed by atoms with Crippen LogP contribution in [-0.4, -0.2) is 25.5 Å². The summed E-state index contributed by atoms with van der Waals surface area (Å²) in [6, 6.07) is 13.3. The second kappa shape index (κ2) is 7.93. The molecule has 1 aromatic heterocycles. The van der Waals surface area contributed by atoms with Gasteiger partial charge in [0.05, 0.1) is 3.79 Å². The first-order valence-corrected chi connectivity index (χ1v) is 8.50. The van der Waals surface area contributed by atoms with E-state index in [-0.39, 0.29) is 0 Å². The van der Waals surface area contributed by atoms with Gasteiger partial charge >= 0.3 is 0 Å². The molecule has 0 aliphatic heterocycles. The maximum atomic E-state index is 3.52. The average molecular weight is 353 g/mol. The molecule has 0 fully saturated rings. The molecule has 0 radical (unpaired) electrons. The van der Waals surface area contributed by atoms with Gasteiger partial charge in [0, 0.05) is 12.6 Å². The number of halogens is 1. The van der Waals surface area contributed by atoms with E-state index in [0.717, 1.165) is 19.5 Å². The molecule has 0 spiro atoms. The summed E-state index contributed by atoms with van der Waals surface area (Å²) < 4.78 is 1.21. The summed E-state index contributed by atoms with van der Waals surface area (Å²) in [7, 11) is 4.22. The van der Waals surface area contributed by atoms with Crippen molar-refractivity contribution in [2.24, 2.45) is 0 Å². The Hall–Kier alpha value is -0.680. The van der Waals surface area contributed by atoms with E-state index < -0.39 is 0 Å². The summed E-state index contributed by atoms with van der Waals surface area (Å²) in [6.07, 6.45) is 1.11. The van der Waals surface area contributed by atoms with Gasteiger partial charge in [0.15, 0.2) is 0 Å². The van der Waals surface area contributed by atoms with E-state index in [9.17, 15) is 0 Å². The summed E-state index contributed by atoms with van der Waals surface area (Å²) in [6.45, 7) is 2.08. The fraction of sp³-hybridized carbons (Fsp3) is 0.375. The maximum Gasteiger partial charge on any atom is 0.0701 e. The summed E-state index contributed by atoms with van der Waals surface area (Å²) in [5, 5.41) is 5.63. The van der Waals surface area contributed by atoms with E-state index in [4.69, 9.17) is 0 Å². The highest BCUT2D eigenvalue weighted by molar-refractivity contribution is 9.11. The highest BCUT2D eigenvalue weighted by Gasteiger charge is 2.10. The first kappa shape index (κ1) is 15.7. The Morgan fingerprint density at radius 2 is 2.05 bits per heavy atom. The number of benzene rings is 1. The van der Waals surface area contributed by atoms with Crippen molar-refractivity contribution in [1.29, 1.82) is 0 Å². The van der Waals surface area contributed by atoms with Gasteiger partial charge in [0.1, 0.15) is 0 Å². The molecule has 0 aliphatic rings. The van der Waals surface area contributed by atoms with Crippen LogP contribution in [0.1, 0.15) is 23.6 Å². The lowest BCUT2D eigenvalue weighted by Gasteiger charge is -2.21. The second-order valence-corrected chi connectivity index (χ2v) is 7.33. The zero-order valence-electron chi connectivity index (χ0n) is 12.0. The lowest BCUT2D eigenvalue weighted by Crippen LogP contribution is -2.25. The lowest BCUT2D eigenvalue weighted by molar-refractivity contribution is 0.304. The molecule has 1 unspecified atom stereocenters. The number of nitrogens with one attached hydrogen (secondary N) is 1. The SMILES string of the molecule is CNC(CCN(C)Cc1csc(Br)c1)c1ccccc1. The van der Waals surface area contributed by atoms with Crippen LogP contribution in [0, 0.1) is 0 Å². The third-order valence-corrected chi connectivity index (χ3v) is 4.98. The van der Waals surface area contributed by atoms with Gasteiger partial charge in [-0.2, -0.15) is 0 Å². The fourth-order valence-corrected chi connectivity index (χ4v) is 3.53. The summed E-state index contributed by atoms with van der Waals surface area (Å²) in [5.41, 5.74) is 2.74. The van der Waals surface area contributed by atoms with Gasteiger partial charge in [-0.05, 0) is 65.6 Å². The third-order valence-electron chi connectivity index (χ3n) is 3.42. The Kier molecular flexibility index (Phi) is 6.23. The predicted molar refractivity (Wildman–Crippen MR) is 91.2 cm³/mol. The normalized spacial score (nSPS) is 12.8. The molecule has 1 aromatic carbocycles. The maximum absolute atomic E-state index is 3.52. The molecule has 2 nitrogen and oxygen atoms in total. The Labute approximate surface area is 133 Å². The minimum atomic E-state index is 0.424. The van der Waals surface area contributed by atoms with E-state index in [2.05, 4.69) is 75.0 Å². The zero-order valence-corrected chi connectivity index (χ0v) is 14.4. The first-order chi connectivity index (χ1) is 9.69.